The SMILES string of the molecule is C/C=C(\C#N)C(=O)N1CCC(CNc2nc(Nc3cc(OC)cc(OC)c3)c(C(N)=O)c3nccn23)C1. The van der Waals surface area contributed by atoms with Crippen LogP contribution in [0.25, 0.3) is 5.65 Å². The Morgan fingerprint density at radius 1 is 1.27 bits per heavy atom. The molecule has 1 aliphatic heterocycles. The molecule has 2 aromatic heterocycles. The lowest BCUT2D eigenvalue weighted by Crippen LogP contribution is -2.30. The number of rotatable bonds is 9. The number of nitrogens with two attached hydrogens (primary N) is 1. The summed E-state index contributed by atoms with van der Waals surface area (Å²) in [4.78, 5) is 35.6. The Morgan fingerprint density at radius 2 is 2.00 bits per heavy atom. The number of anilines is 3. The number of aromatic nitrogens is 3. The number of benzene rings is 1. The highest BCUT2D eigenvalue weighted by atomic mass is 16.5. The van der Waals surface area contributed by atoms with Gasteiger partial charge < -0.3 is 30.7 Å². The average molecular weight is 505 g/mol. The summed E-state index contributed by atoms with van der Waals surface area (Å²) in [7, 11) is 3.09. The van der Waals surface area contributed by atoms with Crippen LogP contribution < -0.4 is 25.8 Å². The molecule has 192 valence electrons. The highest BCUT2D eigenvalue weighted by Crippen LogP contribution is 2.30. The number of methoxy groups -OCH3 is 2. The molecular formula is C25H28N8O4. The van der Waals surface area contributed by atoms with Gasteiger partial charge in [0, 0.05) is 55.9 Å². The van der Waals surface area contributed by atoms with Gasteiger partial charge in [-0.05, 0) is 19.3 Å². The van der Waals surface area contributed by atoms with Gasteiger partial charge in [-0.2, -0.15) is 10.2 Å². The lowest BCUT2D eigenvalue weighted by atomic mass is 10.1. The van der Waals surface area contributed by atoms with Gasteiger partial charge in [-0.25, -0.2) is 4.98 Å². The Bertz CT molecular complexity index is 1390. The van der Waals surface area contributed by atoms with Crippen LogP contribution in [-0.2, 0) is 4.79 Å². The predicted molar refractivity (Wildman–Crippen MR) is 137 cm³/mol. The van der Waals surface area contributed by atoms with Crippen molar-refractivity contribution in [2.75, 3.05) is 44.5 Å². The van der Waals surface area contributed by atoms with Crippen molar-refractivity contribution in [2.45, 2.75) is 13.3 Å². The molecule has 1 saturated heterocycles. The van der Waals surface area contributed by atoms with Gasteiger partial charge in [-0.1, -0.05) is 6.08 Å². The zero-order chi connectivity index (χ0) is 26.5. The molecule has 1 aromatic carbocycles. The van der Waals surface area contributed by atoms with Crippen molar-refractivity contribution in [1.82, 2.24) is 19.3 Å². The smallest absolute Gasteiger partial charge is 0.264 e. The molecule has 0 spiro atoms. The zero-order valence-corrected chi connectivity index (χ0v) is 20.8. The number of hydrogen-bond acceptors (Lipinski definition) is 9. The second kappa shape index (κ2) is 10.9. The highest BCUT2D eigenvalue weighted by molar-refractivity contribution is 6.04. The van der Waals surface area contributed by atoms with E-state index in [1.807, 2.05) is 6.07 Å². The molecule has 37 heavy (non-hydrogen) atoms. The van der Waals surface area contributed by atoms with Gasteiger partial charge in [0.2, 0.25) is 5.95 Å². The first-order valence-electron chi connectivity index (χ1n) is 11.6. The van der Waals surface area contributed by atoms with Crippen LogP contribution in [0.3, 0.4) is 0 Å². The third kappa shape index (κ3) is 5.25. The number of primary amides is 1. The summed E-state index contributed by atoms with van der Waals surface area (Å²) in [5.74, 6) is 0.991. The normalized spacial score (nSPS) is 15.4. The molecule has 12 nitrogen and oxygen atoms in total. The van der Waals surface area contributed by atoms with Crippen LogP contribution >= 0.6 is 0 Å². The summed E-state index contributed by atoms with van der Waals surface area (Å²) in [5.41, 5.74) is 6.91. The molecule has 0 saturated carbocycles. The van der Waals surface area contributed by atoms with E-state index >= 15 is 0 Å². The van der Waals surface area contributed by atoms with Crippen LogP contribution in [0.1, 0.15) is 23.7 Å². The molecule has 2 amide bonds. The number of fused-ring (bicyclic) bond motifs is 1. The van der Waals surface area contributed by atoms with E-state index in [0.29, 0.717) is 48.4 Å². The van der Waals surface area contributed by atoms with E-state index in [-0.39, 0.29) is 28.8 Å². The third-order valence-electron chi connectivity index (χ3n) is 6.17. The molecule has 0 aliphatic carbocycles. The van der Waals surface area contributed by atoms with Gasteiger partial charge in [0.05, 0.1) is 14.2 Å². The van der Waals surface area contributed by atoms with Gasteiger partial charge in [-0.3, -0.25) is 14.0 Å². The van der Waals surface area contributed by atoms with Crippen LogP contribution in [0, 0.1) is 17.2 Å². The van der Waals surface area contributed by atoms with E-state index < -0.39 is 5.91 Å². The molecule has 3 aromatic rings. The summed E-state index contributed by atoms with van der Waals surface area (Å²) in [6, 6.07) is 7.15. The fourth-order valence-corrected chi connectivity index (χ4v) is 4.26. The maximum atomic E-state index is 12.5. The van der Waals surface area contributed by atoms with Crippen LogP contribution in [-0.4, -0.2) is 64.9 Å². The minimum Gasteiger partial charge on any atom is -0.497 e. The largest absolute Gasteiger partial charge is 0.497 e. The molecule has 1 atom stereocenters. The Hall–Kier alpha value is -4.79. The second-order valence-corrected chi connectivity index (χ2v) is 8.47. The molecule has 3 heterocycles. The number of allylic oxidation sites excluding steroid dienone is 1. The summed E-state index contributed by atoms with van der Waals surface area (Å²) in [5, 5.41) is 15.6. The number of imidazole rings is 1. The van der Waals surface area contributed by atoms with Crippen LogP contribution in [0.4, 0.5) is 17.5 Å². The standard InChI is InChI=1S/C25H28N8O4/c1-4-16(12-26)24(35)32-7-5-15(14-32)13-29-25-31-22(20(21(27)34)23-28-6-8-33(23)25)30-17-9-18(36-2)11-19(10-17)37-3/h4,6,8-11,15,30H,5,7,13-14H2,1-3H3,(H2,27,34)(H,29,31)/b16-4+. The third-order valence-corrected chi connectivity index (χ3v) is 6.17. The van der Waals surface area contributed by atoms with Gasteiger partial charge in [0.25, 0.3) is 11.8 Å². The summed E-state index contributed by atoms with van der Waals surface area (Å²) in [6.07, 6.45) is 5.55. The Morgan fingerprint density at radius 3 is 2.62 bits per heavy atom. The van der Waals surface area contributed by atoms with E-state index in [0.717, 1.165) is 6.42 Å². The van der Waals surface area contributed by atoms with E-state index in [1.54, 1.807) is 61.0 Å². The van der Waals surface area contributed by atoms with E-state index in [9.17, 15) is 9.59 Å². The Kier molecular flexibility index (Phi) is 7.43. The molecule has 0 radical (unpaired) electrons. The number of carbonyl (C=O) groups is 2. The van der Waals surface area contributed by atoms with Crippen molar-refractivity contribution in [3.63, 3.8) is 0 Å². The number of nitrogens with zero attached hydrogens (tertiary/aromatic N) is 5. The molecule has 0 bridgehead atoms. The number of likely N-dealkylation sites (tertiary alicyclic amines) is 1. The van der Waals surface area contributed by atoms with Crippen molar-refractivity contribution >= 4 is 34.9 Å². The monoisotopic (exact) mass is 504 g/mol. The van der Waals surface area contributed by atoms with E-state index in [1.165, 1.54) is 6.08 Å². The Balaban J connectivity index is 1.60. The first-order valence-corrected chi connectivity index (χ1v) is 11.6. The molecule has 4 N–H and O–H groups in total. The van der Waals surface area contributed by atoms with Gasteiger partial charge >= 0.3 is 0 Å². The predicted octanol–water partition coefficient (Wildman–Crippen LogP) is 2.32. The molecule has 4 rings (SSSR count). The number of ether oxygens (including phenoxy) is 2. The molecule has 1 aliphatic rings. The topological polar surface area (TPSA) is 160 Å². The Labute approximate surface area is 213 Å². The number of nitrogens with one attached hydrogen (secondary N) is 2. The number of amides is 2. The number of nitriles is 1. The first-order chi connectivity index (χ1) is 17.9. The zero-order valence-electron chi connectivity index (χ0n) is 20.8. The van der Waals surface area contributed by atoms with Crippen LogP contribution in [0.2, 0.25) is 0 Å². The van der Waals surface area contributed by atoms with Crippen molar-refractivity contribution in [3.05, 3.63) is 47.8 Å². The van der Waals surface area contributed by atoms with Crippen molar-refractivity contribution < 1.29 is 19.1 Å². The van der Waals surface area contributed by atoms with Crippen molar-refractivity contribution in [2.24, 2.45) is 11.7 Å². The van der Waals surface area contributed by atoms with Crippen molar-refractivity contribution in [3.8, 4) is 17.6 Å². The van der Waals surface area contributed by atoms with Crippen molar-refractivity contribution in [1.29, 1.82) is 5.26 Å². The lowest BCUT2D eigenvalue weighted by Gasteiger charge is -2.18. The van der Waals surface area contributed by atoms with Gasteiger partial charge in [-0.15, -0.1) is 0 Å². The lowest BCUT2D eigenvalue weighted by molar-refractivity contribution is -0.125. The summed E-state index contributed by atoms with van der Waals surface area (Å²) >= 11 is 0. The molecule has 1 fully saturated rings. The molecule has 1 unspecified atom stereocenters. The number of carbonyl (C=O) groups excluding carboxylic acids is 2. The summed E-state index contributed by atoms with van der Waals surface area (Å²) < 4.78 is 12.3. The first kappa shape index (κ1) is 25.3. The van der Waals surface area contributed by atoms with E-state index in [4.69, 9.17) is 20.5 Å². The molecule has 12 heteroatoms. The van der Waals surface area contributed by atoms with Gasteiger partial charge in [0.1, 0.15) is 28.7 Å². The minimum absolute atomic E-state index is 0.130. The summed E-state index contributed by atoms with van der Waals surface area (Å²) in [6.45, 7) is 3.29. The quantitative estimate of drug-likeness (QED) is 0.293. The average Bonchev–Trinajstić information content (AvgIpc) is 3.57. The maximum absolute atomic E-state index is 12.5. The second-order valence-electron chi connectivity index (χ2n) is 8.47. The van der Waals surface area contributed by atoms with Gasteiger partial charge in [0.15, 0.2) is 11.5 Å². The maximum Gasteiger partial charge on any atom is 0.264 e. The molecular weight excluding hydrogens is 476 g/mol. The van der Waals surface area contributed by atoms with Crippen LogP contribution in [0.5, 0.6) is 11.5 Å². The van der Waals surface area contributed by atoms with E-state index in [2.05, 4.69) is 20.6 Å². The minimum atomic E-state index is -0.685. The fourth-order valence-electron chi connectivity index (χ4n) is 4.26. The highest BCUT2D eigenvalue weighted by Gasteiger charge is 2.28. The number of hydrogen-bond donors (Lipinski definition) is 3. The fraction of sp³-hybridized carbons (Fsp3) is 0.320. The van der Waals surface area contributed by atoms with Crippen LogP contribution in [0.15, 0.2) is 42.2 Å².